The van der Waals surface area contributed by atoms with Gasteiger partial charge in [-0.15, -0.1) is 0 Å². The van der Waals surface area contributed by atoms with Crippen LogP contribution in [0.3, 0.4) is 0 Å². The Morgan fingerprint density at radius 1 is 0.767 bits per heavy atom. The Labute approximate surface area is 177 Å². The van der Waals surface area contributed by atoms with Crippen LogP contribution in [-0.4, -0.2) is 29.7 Å². The number of sulfonamides is 1. The van der Waals surface area contributed by atoms with Crippen molar-refractivity contribution >= 4 is 15.7 Å². The molecule has 7 heteroatoms. The first-order valence-electron chi connectivity index (χ1n) is 9.33. The van der Waals surface area contributed by atoms with E-state index in [1.807, 2.05) is 31.2 Å². The summed E-state index contributed by atoms with van der Waals surface area (Å²) in [5.74, 6) is 1.59. The average Bonchev–Trinajstić information content (AvgIpc) is 2.77. The van der Waals surface area contributed by atoms with Crippen molar-refractivity contribution in [2.24, 2.45) is 0 Å². The van der Waals surface area contributed by atoms with Crippen LogP contribution in [-0.2, 0) is 16.6 Å². The summed E-state index contributed by atoms with van der Waals surface area (Å²) >= 11 is 0. The molecule has 0 saturated heterocycles. The number of benzene rings is 3. The van der Waals surface area contributed by atoms with E-state index in [0.29, 0.717) is 22.9 Å². The smallest absolute Gasteiger partial charge is 0.264 e. The summed E-state index contributed by atoms with van der Waals surface area (Å²) in [4.78, 5) is 0.165. The summed E-state index contributed by atoms with van der Waals surface area (Å²) in [6.45, 7) is 2.13. The van der Waals surface area contributed by atoms with Gasteiger partial charge >= 0.3 is 0 Å². The number of hydrogen-bond donors (Lipinski definition) is 0. The van der Waals surface area contributed by atoms with Crippen molar-refractivity contribution in [3.05, 3.63) is 77.9 Å². The fourth-order valence-corrected chi connectivity index (χ4v) is 4.54. The topological polar surface area (TPSA) is 65.1 Å². The molecule has 0 aromatic heterocycles. The summed E-state index contributed by atoms with van der Waals surface area (Å²) < 4.78 is 44.5. The van der Waals surface area contributed by atoms with Crippen LogP contribution in [0.2, 0.25) is 0 Å². The van der Waals surface area contributed by atoms with Crippen LogP contribution in [0, 0.1) is 6.92 Å². The normalized spacial score (nSPS) is 11.1. The lowest BCUT2D eigenvalue weighted by atomic mass is 10.1. The van der Waals surface area contributed by atoms with E-state index in [2.05, 4.69) is 0 Å². The summed E-state index contributed by atoms with van der Waals surface area (Å²) in [6, 6.07) is 19.1. The minimum absolute atomic E-state index is 0.159. The van der Waals surface area contributed by atoms with E-state index in [0.717, 1.165) is 11.1 Å². The molecule has 6 nitrogen and oxygen atoms in total. The van der Waals surface area contributed by atoms with Gasteiger partial charge in [-0.25, -0.2) is 8.42 Å². The van der Waals surface area contributed by atoms with Gasteiger partial charge < -0.3 is 14.2 Å². The summed E-state index contributed by atoms with van der Waals surface area (Å²) in [5.41, 5.74) is 2.37. The van der Waals surface area contributed by atoms with Crippen molar-refractivity contribution in [2.45, 2.75) is 18.4 Å². The second-order valence-corrected chi connectivity index (χ2v) is 8.61. The van der Waals surface area contributed by atoms with Gasteiger partial charge in [-0.1, -0.05) is 29.8 Å². The van der Waals surface area contributed by atoms with Crippen LogP contribution in [0.15, 0.2) is 71.6 Å². The number of hydrogen-bond acceptors (Lipinski definition) is 5. The molecule has 0 spiro atoms. The molecule has 3 aromatic carbocycles. The van der Waals surface area contributed by atoms with Crippen molar-refractivity contribution in [1.29, 1.82) is 0 Å². The Kier molecular flexibility index (Phi) is 6.52. The van der Waals surface area contributed by atoms with E-state index in [4.69, 9.17) is 14.2 Å². The molecule has 0 saturated carbocycles. The van der Waals surface area contributed by atoms with Gasteiger partial charge in [0.2, 0.25) is 0 Å². The SMILES string of the molecule is COc1ccc(S(=O)(=O)N(Cc2cccc(C)c2)c2cc(OC)cc(OC)c2)cc1. The summed E-state index contributed by atoms with van der Waals surface area (Å²) in [7, 11) is 0.723. The highest BCUT2D eigenvalue weighted by atomic mass is 32.2. The Morgan fingerprint density at radius 2 is 1.37 bits per heavy atom. The van der Waals surface area contributed by atoms with E-state index in [1.165, 1.54) is 37.8 Å². The minimum Gasteiger partial charge on any atom is -0.497 e. The molecule has 0 radical (unpaired) electrons. The maximum Gasteiger partial charge on any atom is 0.264 e. The first-order chi connectivity index (χ1) is 14.4. The zero-order valence-electron chi connectivity index (χ0n) is 17.5. The van der Waals surface area contributed by atoms with E-state index in [9.17, 15) is 8.42 Å². The van der Waals surface area contributed by atoms with Gasteiger partial charge in [-0.3, -0.25) is 4.31 Å². The number of rotatable bonds is 8. The lowest BCUT2D eigenvalue weighted by Gasteiger charge is -2.26. The lowest BCUT2D eigenvalue weighted by molar-refractivity contribution is 0.394. The highest BCUT2D eigenvalue weighted by Crippen LogP contribution is 2.33. The van der Waals surface area contributed by atoms with Gasteiger partial charge in [-0.05, 0) is 36.8 Å². The molecule has 0 aliphatic heterocycles. The van der Waals surface area contributed by atoms with Gasteiger partial charge in [0, 0.05) is 18.2 Å². The third kappa shape index (κ3) is 4.68. The summed E-state index contributed by atoms with van der Waals surface area (Å²) in [6.07, 6.45) is 0. The molecule has 0 N–H and O–H groups in total. The molecule has 3 aromatic rings. The molecule has 0 heterocycles. The quantitative estimate of drug-likeness (QED) is 0.533. The molecule has 0 aliphatic carbocycles. The Bertz CT molecular complexity index is 1090. The van der Waals surface area contributed by atoms with Crippen molar-refractivity contribution in [2.75, 3.05) is 25.6 Å². The van der Waals surface area contributed by atoms with Crippen LogP contribution >= 0.6 is 0 Å². The van der Waals surface area contributed by atoms with E-state index < -0.39 is 10.0 Å². The van der Waals surface area contributed by atoms with Gasteiger partial charge in [0.25, 0.3) is 10.0 Å². The van der Waals surface area contributed by atoms with E-state index in [1.54, 1.807) is 30.3 Å². The minimum atomic E-state index is -3.87. The summed E-state index contributed by atoms with van der Waals surface area (Å²) in [5, 5.41) is 0. The van der Waals surface area contributed by atoms with Crippen molar-refractivity contribution in [3.8, 4) is 17.2 Å². The van der Waals surface area contributed by atoms with E-state index in [-0.39, 0.29) is 11.4 Å². The third-order valence-electron chi connectivity index (χ3n) is 4.68. The van der Waals surface area contributed by atoms with Gasteiger partial charge in [0.05, 0.1) is 38.5 Å². The predicted molar refractivity (Wildman–Crippen MR) is 117 cm³/mol. The zero-order chi connectivity index (χ0) is 21.7. The van der Waals surface area contributed by atoms with Crippen LogP contribution in [0.25, 0.3) is 0 Å². The maximum atomic E-state index is 13.6. The van der Waals surface area contributed by atoms with Gasteiger partial charge in [0.1, 0.15) is 17.2 Å². The third-order valence-corrected chi connectivity index (χ3v) is 6.47. The van der Waals surface area contributed by atoms with Crippen LogP contribution in [0.5, 0.6) is 17.2 Å². The fourth-order valence-electron chi connectivity index (χ4n) is 3.10. The fraction of sp³-hybridized carbons (Fsp3) is 0.217. The lowest BCUT2D eigenvalue weighted by Crippen LogP contribution is -2.30. The molecule has 0 atom stereocenters. The number of ether oxygens (including phenoxy) is 3. The van der Waals surface area contributed by atoms with Crippen molar-refractivity contribution in [3.63, 3.8) is 0 Å². The molecule has 0 amide bonds. The molecular formula is C23H25NO5S. The Hall–Kier alpha value is -3.19. The second-order valence-electron chi connectivity index (χ2n) is 6.75. The number of methoxy groups -OCH3 is 3. The van der Waals surface area contributed by atoms with Gasteiger partial charge in [-0.2, -0.15) is 0 Å². The van der Waals surface area contributed by atoms with Crippen LogP contribution < -0.4 is 18.5 Å². The number of nitrogens with zero attached hydrogens (tertiary/aromatic N) is 1. The van der Waals surface area contributed by atoms with Crippen LogP contribution in [0.4, 0.5) is 5.69 Å². The first kappa shape index (κ1) is 21.5. The van der Waals surface area contributed by atoms with E-state index >= 15 is 0 Å². The Morgan fingerprint density at radius 3 is 1.90 bits per heavy atom. The first-order valence-corrected chi connectivity index (χ1v) is 10.8. The Balaban J connectivity index is 2.13. The number of aryl methyl sites for hydroxylation is 1. The second kappa shape index (κ2) is 9.09. The molecule has 0 aliphatic rings. The number of anilines is 1. The standard InChI is InChI=1S/C23H25NO5S/c1-17-6-5-7-18(12-17)16-24(19-13-21(28-3)15-22(14-19)29-4)30(25,26)23-10-8-20(27-2)9-11-23/h5-15H,16H2,1-4H3. The molecule has 0 fully saturated rings. The monoisotopic (exact) mass is 427 g/mol. The molecule has 30 heavy (non-hydrogen) atoms. The largest absolute Gasteiger partial charge is 0.497 e. The molecule has 0 bridgehead atoms. The molecular weight excluding hydrogens is 402 g/mol. The van der Waals surface area contributed by atoms with Gasteiger partial charge in [0.15, 0.2) is 0 Å². The van der Waals surface area contributed by atoms with Crippen molar-refractivity contribution in [1.82, 2.24) is 0 Å². The molecule has 158 valence electrons. The highest BCUT2D eigenvalue weighted by Gasteiger charge is 2.26. The maximum absolute atomic E-state index is 13.6. The molecule has 0 unspecified atom stereocenters. The predicted octanol–water partition coefficient (Wildman–Crippen LogP) is 4.42. The average molecular weight is 428 g/mol. The molecule has 3 rings (SSSR count). The zero-order valence-corrected chi connectivity index (χ0v) is 18.3. The van der Waals surface area contributed by atoms with Crippen LogP contribution in [0.1, 0.15) is 11.1 Å². The highest BCUT2D eigenvalue weighted by molar-refractivity contribution is 7.92. The van der Waals surface area contributed by atoms with Crippen molar-refractivity contribution < 1.29 is 22.6 Å².